The van der Waals surface area contributed by atoms with Gasteiger partial charge in [0.1, 0.15) is 0 Å². The maximum absolute atomic E-state index is 10.7. The molecular formula is C10H10BrClN2O2. The van der Waals surface area contributed by atoms with E-state index < -0.39 is 4.92 Å². The quantitative estimate of drug-likeness (QED) is 0.671. The topological polar surface area (TPSA) is 55.2 Å². The molecule has 86 valence electrons. The van der Waals surface area contributed by atoms with E-state index in [4.69, 9.17) is 11.6 Å². The van der Waals surface area contributed by atoms with Gasteiger partial charge in [-0.05, 0) is 12.1 Å². The van der Waals surface area contributed by atoms with Gasteiger partial charge in [0.05, 0.1) is 4.92 Å². The lowest BCUT2D eigenvalue weighted by Gasteiger charge is -2.05. The highest BCUT2D eigenvalue weighted by Crippen LogP contribution is 2.22. The number of nitrogens with one attached hydrogen (secondary N) is 1. The second-order valence-corrected chi connectivity index (χ2v) is 4.71. The van der Waals surface area contributed by atoms with Crippen LogP contribution >= 0.6 is 27.5 Å². The zero-order valence-corrected chi connectivity index (χ0v) is 10.7. The van der Waals surface area contributed by atoms with Crippen LogP contribution in [0.25, 0.3) is 0 Å². The molecule has 0 spiro atoms. The van der Waals surface area contributed by atoms with Crippen molar-refractivity contribution >= 4 is 33.2 Å². The van der Waals surface area contributed by atoms with Crippen LogP contribution in [0.4, 0.5) is 5.69 Å². The van der Waals surface area contributed by atoms with Gasteiger partial charge in [0.15, 0.2) is 0 Å². The maximum atomic E-state index is 10.7. The summed E-state index contributed by atoms with van der Waals surface area (Å²) in [4.78, 5) is 10.3. The number of nitro benzene ring substituents is 1. The first-order chi connectivity index (χ1) is 7.50. The standard InChI is InChI=1S/C10H10BrClN2O2/c1-7(11)5-13-6-8-4-9(12)2-3-10(8)14(15)16/h2-4,13H,1,5-6H2. The number of benzene rings is 1. The highest BCUT2D eigenvalue weighted by molar-refractivity contribution is 9.11. The number of hydrogen-bond acceptors (Lipinski definition) is 3. The summed E-state index contributed by atoms with van der Waals surface area (Å²) >= 11 is 8.98. The van der Waals surface area contributed by atoms with E-state index in [1.54, 1.807) is 6.07 Å². The molecule has 0 saturated carbocycles. The van der Waals surface area contributed by atoms with Crippen LogP contribution in [-0.2, 0) is 6.54 Å². The average Bonchev–Trinajstić information content (AvgIpc) is 2.16. The van der Waals surface area contributed by atoms with E-state index in [9.17, 15) is 10.1 Å². The molecule has 1 aromatic carbocycles. The summed E-state index contributed by atoms with van der Waals surface area (Å²) in [5.74, 6) is 0. The first-order valence-corrected chi connectivity index (χ1v) is 5.64. The first-order valence-electron chi connectivity index (χ1n) is 4.47. The van der Waals surface area contributed by atoms with Gasteiger partial charge < -0.3 is 5.32 Å². The Bertz CT molecular complexity index is 423. The summed E-state index contributed by atoms with van der Waals surface area (Å²) in [6, 6.07) is 4.50. The van der Waals surface area contributed by atoms with E-state index in [1.807, 2.05) is 0 Å². The number of nitrogens with zero attached hydrogens (tertiary/aromatic N) is 1. The lowest BCUT2D eigenvalue weighted by atomic mass is 10.2. The summed E-state index contributed by atoms with van der Waals surface area (Å²) in [6.45, 7) is 4.58. The van der Waals surface area contributed by atoms with Crippen LogP contribution in [0.5, 0.6) is 0 Å². The predicted octanol–water partition coefficient (Wildman–Crippen LogP) is 3.25. The third kappa shape index (κ3) is 3.92. The molecule has 0 amide bonds. The molecule has 0 heterocycles. The molecule has 1 N–H and O–H groups in total. The van der Waals surface area contributed by atoms with Crippen molar-refractivity contribution in [1.29, 1.82) is 0 Å². The van der Waals surface area contributed by atoms with Crippen LogP contribution in [0, 0.1) is 10.1 Å². The minimum atomic E-state index is -0.420. The molecule has 0 bridgehead atoms. The Kier molecular flexibility index (Phi) is 4.92. The number of hydrogen-bond donors (Lipinski definition) is 1. The second kappa shape index (κ2) is 5.98. The number of halogens is 2. The Balaban J connectivity index is 2.80. The van der Waals surface area contributed by atoms with Gasteiger partial charge in [-0.2, -0.15) is 0 Å². The Hall–Kier alpha value is -0.910. The third-order valence-corrected chi connectivity index (χ3v) is 2.39. The third-order valence-electron chi connectivity index (χ3n) is 1.87. The zero-order valence-electron chi connectivity index (χ0n) is 8.37. The van der Waals surface area contributed by atoms with E-state index in [0.717, 1.165) is 4.48 Å². The average molecular weight is 306 g/mol. The molecule has 1 rings (SSSR count). The Labute approximate surface area is 107 Å². The SMILES string of the molecule is C=C(Br)CNCc1cc(Cl)ccc1[N+](=O)[O-]. The van der Waals surface area contributed by atoms with Gasteiger partial charge in [0.2, 0.25) is 0 Å². The van der Waals surface area contributed by atoms with Gasteiger partial charge in [0.25, 0.3) is 5.69 Å². The van der Waals surface area contributed by atoms with Gasteiger partial charge >= 0.3 is 0 Å². The summed E-state index contributed by atoms with van der Waals surface area (Å²) < 4.78 is 0.789. The molecule has 16 heavy (non-hydrogen) atoms. The smallest absolute Gasteiger partial charge is 0.273 e. The van der Waals surface area contributed by atoms with Crippen LogP contribution < -0.4 is 5.32 Å². The van der Waals surface area contributed by atoms with Gasteiger partial charge in [-0.15, -0.1) is 0 Å². The fraction of sp³-hybridized carbons (Fsp3) is 0.200. The number of nitro groups is 1. The number of rotatable bonds is 5. The highest BCUT2D eigenvalue weighted by Gasteiger charge is 2.13. The van der Waals surface area contributed by atoms with Crippen molar-refractivity contribution in [2.75, 3.05) is 6.54 Å². The van der Waals surface area contributed by atoms with E-state index in [1.165, 1.54) is 12.1 Å². The summed E-state index contributed by atoms with van der Waals surface area (Å²) in [5, 5.41) is 14.2. The predicted molar refractivity (Wildman–Crippen MR) is 67.9 cm³/mol. The molecule has 0 unspecified atom stereocenters. The van der Waals surface area contributed by atoms with Gasteiger partial charge in [-0.3, -0.25) is 10.1 Å². The Morgan fingerprint density at radius 3 is 2.88 bits per heavy atom. The maximum Gasteiger partial charge on any atom is 0.273 e. The molecule has 0 aliphatic carbocycles. The van der Waals surface area contributed by atoms with Gasteiger partial charge in [-0.25, -0.2) is 0 Å². The van der Waals surface area contributed by atoms with Gasteiger partial charge in [-0.1, -0.05) is 34.1 Å². The van der Waals surface area contributed by atoms with E-state index in [-0.39, 0.29) is 5.69 Å². The fourth-order valence-corrected chi connectivity index (χ4v) is 1.60. The second-order valence-electron chi connectivity index (χ2n) is 3.15. The molecule has 6 heteroatoms. The summed E-state index contributed by atoms with van der Waals surface area (Å²) in [6.07, 6.45) is 0. The molecule has 1 aromatic rings. The minimum absolute atomic E-state index is 0.0667. The van der Waals surface area contributed by atoms with Crippen molar-refractivity contribution in [3.8, 4) is 0 Å². The van der Waals surface area contributed by atoms with Crippen molar-refractivity contribution in [1.82, 2.24) is 5.32 Å². The van der Waals surface area contributed by atoms with Crippen LogP contribution in [0.1, 0.15) is 5.56 Å². The fourth-order valence-electron chi connectivity index (χ4n) is 1.21. The van der Waals surface area contributed by atoms with Crippen molar-refractivity contribution in [2.45, 2.75) is 6.54 Å². The molecule has 0 saturated heterocycles. The normalized spacial score (nSPS) is 10.1. The van der Waals surface area contributed by atoms with E-state index in [2.05, 4.69) is 27.8 Å². The monoisotopic (exact) mass is 304 g/mol. The molecule has 0 radical (unpaired) electrons. The minimum Gasteiger partial charge on any atom is -0.308 e. The van der Waals surface area contributed by atoms with Crippen molar-refractivity contribution in [3.63, 3.8) is 0 Å². The Morgan fingerprint density at radius 1 is 1.62 bits per heavy atom. The van der Waals surface area contributed by atoms with Crippen molar-refractivity contribution < 1.29 is 4.92 Å². The van der Waals surface area contributed by atoms with Crippen molar-refractivity contribution in [3.05, 3.63) is 50.0 Å². The Morgan fingerprint density at radius 2 is 2.31 bits per heavy atom. The van der Waals surface area contributed by atoms with E-state index >= 15 is 0 Å². The summed E-state index contributed by atoms with van der Waals surface area (Å²) in [7, 11) is 0. The van der Waals surface area contributed by atoms with Crippen LogP contribution in [0.2, 0.25) is 5.02 Å². The van der Waals surface area contributed by atoms with Crippen molar-refractivity contribution in [2.24, 2.45) is 0 Å². The lowest BCUT2D eigenvalue weighted by Crippen LogP contribution is -2.15. The molecule has 0 aliphatic heterocycles. The molecule has 0 atom stereocenters. The van der Waals surface area contributed by atoms with Crippen LogP contribution in [0.3, 0.4) is 0 Å². The molecule has 0 aromatic heterocycles. The highest BCUT2D eigenvalue weighted by atomic mass is 79.9. The largest absolute Gasteiger partial charge is 0.308 e. The van der Waals surface area contributed by atoms with Gasteiger partial charge in [0, 0.05) is 34.2 Å². The lowest BCUT2D eigenvalue weighted by molar-refractivity contribution is -0.385. The van der Waals surface area contributed by atoms with E-state index in [0.29, 0.717) is 23.7 Å². The summed E-state index contributed by atoms with van der Waals surface area (Å²) in [5.41, 5.74) is 0.628. The first kappa shape index (κ1) is 13.2. The molecular weight excluding hydrogens is 295 g/mol. The van der Waals surface area contributed by atoms with Crippen LogP contribution in [0.15, 0.2) is 29.3 Å². The molecule has 0 aliphatic rings. The zero-order chi connectivity index (χ0) is 12.1. The van der Waals surface area contributed by atoms with Crippen LogP contribution in [-0.4, -0.2) is 11.5 Å². The molecule has 4 nitrogen and oxygen atoms in total. The molecule has 0 fully saturated rings.